The highest BCUT2D eigenvalue weighted by Gasteiger charge is 2.01. The summed E-state index contributed by atoms with van der Waals surface area (Å²) in [6.45, 7) is 2.07. The second kappa shape index (κ2) is 8.14. The number of aliphatic hydroxyl groups is 1. The Morgan fingerprint density at radius 1 is 1.62 bits per heavy atom. The minimum Gasteiger partial charge on any atom is -0.516 e. The number of rotatable bonds is 6. The van der Waals surface area contributed by atoms with Gasteiger partial charge in [-0.25, -0.2) is 0 Å². The van der Waals surface area contributed by atoms with Gasteiger partial charge in [0.15, 0.2) is 0 Å². The van der Waals surface area contributed by atoms with Crippen molar-refractivity contribution in [2.75, 3.05) is 13.0 Å². The van der Waals surface area contributed by atoms with Crippen LogP contribution in [-0.2, 0) is 4.74 Å². The zero-order valence-electron chi connectivity index (χ0n) is 8.16. The lowest BCUT2D eigenvalue weighted by Gasteiger charge is -2.09. The zero-order valence-corrected chi connectivity index (χ0v) is 8.92. The lowest BCUT2D eigenvalue weighted by atomic mass is 10.1. The highest BCUT2D eigenvalue weighted by atomic mass is 35.5. The van der Waals surface area contributed by atoms with Gasteiger partial charge in [0, 0.05) is 13.0 Å². The molecule has 0 fully saturated rings. The second-order valence-corrected chi connectivity index (χ2v) is 3.00. The minimum absolute atomic E-state index is 0.241. The van der Waals surface area contributed by atoms with Crippen LogP contribution >= 0.6 is 11.6 Å². The first-order valence-corrected chi connectivity index (χ1v) is 4.90. The van der Waals surface area contributed by atoms with Gasteiger partial charge in [0.2, 0.25) is 0 Å². The first-order chi connectivity index (χ1) is 6.28. The summed E-state index contributed by atoms with van der Waals surface area (Å²) in [6.07, 6.45) is 6.63. The van der Waals surface area contributed by atoms with Gasteiger partial charge in [-0.15, -0.1) is 11.6 Å². The van der Waals surface area contributed by atoms with Crippen molar-refractivity contribution >= 4 is 11.6 Å². The molecule has 0 rings (SSSR count). The third kappa shape index (κ3) is 5.72. The van der Waals surface area contributed by atoms with Gasteiger partial charge >= 0.3 is 0 Å². The molecule has 76 valence electrons. The Hall–Kier alpha value is -0.470. The molecule has 2 nitrogen and oxygen atoms in total. The third-order valence-corrected chi connectivity index (χ3v) is 2.18. The number of methoxy groups -OCH3 is 1. The summed E-state index contributed by atoms with van der Waals surface area (Å²) in [5, 5.41) is 8.54. The Kier molecular flexibility index (Phi) is 7.85. The van der Waals surface area contributed by atoms with Crippen molar-refractivity contribution in [3.8, 4) is 0 Å². The molecule has 0 heterocycles. The van der Waals surface area contributed by atoms with Crippen LogP contribution in [0.1, 0.15) is 19.8 Å². The van der Waals surface area contributed by atoms with E-state index >= 15 is 0 Å². The number of halogens is 1. The summed E-state index contributed by atoms with van der Waals surface area (Å²) in [5.74, 6) is 0.414. The summed E-state index contributed by atoms with van der Waals surface area (Å²) in [6, 6.07) is 0. The molecule has 1 N–H and O–H groups in total. The van der Waals surface area contributed by atoms with Gasteiger partial charge in [-0.3, -0.25) is 0 Å². The van der Waals surface area contributed by atoms with E-state index in [0.29, 0.717) is 5.88 Å². The molecule has 0 saturated carbocycles. The van der Waals surface area contributed by atoms with Crippen LogP contribution in [0.2, 0.25) is 0 Å². The van der Waals surface area contributed by atoms with E-state index in [0.717, 1.165) is 24.7 Å². The van der Waals surface area contributed by atoms with E-state index in [1.54, 1.807) is 13.2 Å². The smallest absolute Gasteiger partial charge is 0.0794 e. The fourth-order valence-electron chi connectivity index (χ4n) is 0.975. The average Bonchev–Trinajstić information content (AvgIpc) is 2.17. The van der Waals surface area contributed by atoms with Gasteiger partial charge in [0.1, 0.15) is 0 Å². The number of hydrogen-bond donors (Lipinski definition) is 1. The molecule has 0 saturated heterocycles. The molecule has 0 aromatic rings. The lowest BCUT2D eigenvalue weighted by Crippen LogP contribution is -2.07. The van der Waals surface area contributed by atoms with Gasteiger partial charge in [0.25, 0.3) is 0 Å². The minimum atomic E-state index is 0.241. The molecule has 1 atom stereocenters. The fraction of sp³-hybridized carbons (Fsp3) is 0.600. The summed E-state index contributed by atoms with van der Waals surface area (Å²) in [5.41, 5.74) is 0.916. The van der Waals surface area contributed by atoms with Crippen LogP contribution in [0.4, 0.5) is 0 Å². The van der Waals surface area contributed by atoms with Crippen molar-refractivity contribution in [3.05, 3.63) is 24.0 Å². The molecule has 0 aromatic carbocycles. The van der Waals surface area contributed by atoms with Gasteiger partial charge in [-0.05, 0) is 24.5 Å². The second-order valence-electron chi connectivity index (χ2n) is 2.73. The Bertz CT molecular complexity index is 172. The van der Waals surface area contributed by atoms with Crippen molar-refractivity contribution in [2.24, 2.45) is 0 Å². The van der Waals surface area contributed by atoms with Gasteiger partial charge in [-0.2, -0.15) is 0 Å². The van der Waals surface area contributed by atoms with Crippen LogP contribution in [0.3, 0.4) is 0 Å². The summed E-state index contributed by atoms with van der Waals surface area (Å²) < 4.78 is 5.20. The Balaban J connectivity index is 4.03. The van der Waals surface area contributed by atoms with Crippen LogP contribution in [0.5, 0.6) is 0 Å². The number of hydrogen-bond acceptors (Lipinski definition) is 2. The summed E-state index contributed by atoms with van der Waals surface area (Å²) >= 11 is 5.64. The average molecular weight is 205 g/mol. The van der Waals surface area contributed by atoms with Crippen LogP contribution in [0.15, 0.2) is 24.0 Å². The van der Waals surface area contributed by atoms with E-state index in [-0.39, 0.29) is 6.10 Å². The van der Waals surface area contributed by atoms with Crippen LogP contribution in [0.25, 0.3) is 0 Å². The molecule has 13 heavy (non-hydrogen) atoms. The van der Waals surface area contributed by atoms with E-state index in [2.05, 4.69) is 6.92 Å². The molecule has 0 amide bonds. The maximum absolute atomic E-state index is 8.54. The molecule has 0 aliphatic rings. The molecule has 1 unspecified atom stereocenters. The monoisotopic (exact) mass is 204 g/mol. The highest BCUT2D eigenvalue weighted by molar-refractivity contribution is 6.19. The Morgan fingerprint density at radius 2 is 2.31 bits per heavy atom. The molecular formula is C10H17ClO2. The van der Waals surface area contributed by atoms with E-state index < -0.39 is 0 Å². The molecule has 0 bridgehead atoms. The summed E-state index contributed by atoms with van der Waals surface area (Å²) in [7, 11) is 1.70. The van der Waals surface area contributed by atoms with E-state index in [1.165, 1.54) is 0 Å². The number of alkyl halides is 1. The van der Waals surface area contributed by atoms with Crippen LogP contribution in [-0.4, -0.2) is 24.2 Å². The Labute approximate surface area is 84.9 Å². The van der Waals surface area contributed by atoms with Gasteiger partial charge < -0.3 is 9.84 Å². The molecule has 0 aromatic heterocycles. The van der Waals surface area contributed by atoms with Gasteiger partial charge in [0.05, 0.1) is 12.4 Å². The molecule has 0 aliphatic heterocycles. The van der Waals surface area contributed by atoms with Crippen molar-refractivity contribution in [3.63, 3.8) is 0 Å². The van der Waals surface area contributed by atoms with Crippen molar-refractivity contribution in [1.29, 1.82) is 0 Å². The molecule has 0 spiro atoms. The highest BCUT2D eigenvalue weighted by Crippen LogP contribution is 2.08. The zero-order chi connectivity index (χ0) is 10.1. The first-order valence-electron chi connectivity index (χ1n) is 4.37. The fourth-order valence-corrected chi connectivity index (χ4v) is 1.17. The van der Waals surface area contributed by atoms with Crippen molar-refractivity contribution in [2.45, 2.75) is 25.9 Å². The molecule has 0 aliphatic carbocycles. The van der Waals surface area contributed by atoms with Gasteiger partial charge in [-0.1, -0.05) is 13.0 Å². The number of aliphatic hydroxyl groups excluding tert-OH is 1. The Morgan fingerprint density at radius 3 is 2.69 bits per heavy atom. The summed E-state index contributed by atoms with van der Waals surface area (Å²) in [4.78, 5) is 0. The van der Waals surface area contributed by atoms with Crippen LogP contribution < -0.4 is 0 Å². The van der Waals surface area contributed by atoms with Crippen molar-refractivity contribution < 1.29 is 9.84 Å². The molecule has 3 heteroatoms. The predicted molar refractivity (Wildman–Crippen MR) is 56.3 cm³/mol. The first kappa shape index (κ1) is 12.5. The lowest BCUT2D eigenvalue weighted by molar-refractivity contribution is 0.102. The maximum atomic E-state index is 8.54. The number of allylic oxidation sites excluding steroid dienone is 2. The standard InChI is InChI=1S/C10H17ClO2/c1-3-10(13-2)5-4-9(8-11)6-7-12/h4,6-7,10,12H,3,5,8H2,1-2H3/b7-6+,9-4-. The van der Waals surface area contributed by atoms with E-state index in [4.69, 9.17) is 21.4 Å². The van der Waals surface area contributed by atoms with Crippen molar-refractivity contribution in [1.82, 2.24) is 0 Å². The molecule has 0 radical (unpaired) electrons. The predicted octanol–water partition coefficient (Wildman–Crippen LogP) is 3.04. The topological polar surface area (TPSA) is 29.5 Å². The normalized spacial score (nSPS) is 15.2. The quantitative estimate of drug-likeness (QED) is 0.410. The third-order valence-electron chi connectivity index (χ3n) is 1.87. The SMILES string of the molecule is CCC(C/C=C(/C=C/O)CCl)OC. The van der Waals surface area contributed by atoms with E-state index in [1.807, 2.05) is 6.08 Å². The largest absolute Gasteiger partial charge is 0.516 e. The molecular weight excluding hydrogens is 188 g/mol. The number of ether oxygens (including phenoxy) is 1. The van der Waals surface area contributed by atoms with Crippen LogP contribution in [0, 0.1) is 0 Å². The van der Waals surface area contributed by atoms with E-state index in [9.17, 15) is 0 Å². The maximum Gasteiger partial charge on any atom is 0.0794 e.